The molecule has 0 radical (unpaired) electrons. The topological polar surface area (TPSA) is 60.9 Å². The number of carbonyl (C=O) groups excluding carboxylic acids is 1. The van der Waals surface area contributed by atoms with Gasteiger partial charge in [-0.05, 0) is 18.7 Å². The summed E-state index contributed by atoms with van der Waals surface area (Å²) in [5.74, 6) is 0.939. The molecule has 2 fully saturated rings. The lowest BCUT2D eigenvalue weighted by molar-refractivity contribution is 0.108. The lowest BCUT2D eigenvalue weighted by Crippen LogP contribution is -2.52. The minimum absolute atomic E-state index is 0.0243. The number of nitrogens with one attached hydrogen (secondary N) is 1. The molecule has 29 heavy (non-hydrogen) atoms. The van der Waals surface area contributed by atoms with Crippen molar-refractivity contribution in [2.24, 2.45) is 0 Å². The van der Waals surface area contributed by atoms with E-state index in [1.54, 1.807) is 0 Å². The molecule has 0 spiro atoms. The molecule has 2 aliphatic heterocycles. The average molecular weight is 396 g/mol. The van der Waals surface area contributed by atoms with Gasteiger partial charge in [0.25, 0.3) is 0 Å². The molecule has 7 heteroatoms. The third-order valence-electron chi connectivity index (χ3n) is 5.64. The van der Waals surface area contributed by atoms with Crippen molar-refractivity contribution >= 4 is 11.8 Å². The molecule has 4 rings (SSSR count). The van der Waals surface area contributed by atoms with Gasteiger partial charge in [0.2, 0.25) is 0 Å². The average Bonchev–Trinajstić information content (AvgIpc) is 2.79. The number of piperazine rings is 1. The molecule has 1 unspecified atom stereocenters. The number of ether oxygens (including phenoxy) is 1. The number of hydrogen-bond donors (Lipinski definition) is 1. The van der Waals surface area contributed by atoms with Crippen molar-refractivity contribution < 1.29 is 9.53 Å². The summed E-state index contributed by atoms with van der Waals surface area (Å²) in [6, 6.07) is 14.3. The molecule has 2 aliphatic rings. The molecule has 0 bridgehead atoms. The summed E-state index contributed by atoms with van der Waals surface area (Å²) in [6.07, 6.45) is 1.81. The van der Waals surface area contributed by atoms with E-state index in [9.17, 15) is 4.79 Å². The molecule has 1 aromatic carbocycles. The second-order valence-electron chi connectivity index (χ2n) is 7.63. The molecule has 1 atom stereocenters. The molecule has 2 aromatic rings. The number of benzene rings is 1. The Bertz CT molecular complexity index is 810. The number of pyridine rings is 1. The second-order valence-corrected chi connectivity index (χ2v) is 7.63. The first kappa shape index (κ1) is 19.7. The second kappa shape index (κ2) is 9.24. The van der Waals surface area contributed by atoms with Gasteiger partial charge in [-0.15, -0.1) is 0 Å². The maximum Gasteiger partial charge on any atom is 0.318 e. The van der Waals surface area contributed by atoms with E-state index in [1.165, 1.54) is 5.56 Å². The Balaban J connectivity index is 1.45. The van der Waals surface area contributed by atoms with Gasteiger partial charge in [0, 0.05) is 51.0 Å². The van der Waals surface area contributed by atoms with E-state index in [0.29, 0.717) is 26.3 Å². The fourth-order valence-corrected chi connectivity index (χ4v) is 4.02. The van der Waals surface area contributed by atoms with Crippen LogP contribution in [-0.2, 0) is 11.3 Å². The Morgan fingerprint density at radius 2 is 1.90 bits per heavy atom. The highest BCUT2D eigenvalue weighted by molar-refractivity contribution is 5.75. The van der Waals surface area contributed by atoms with Crippen molar-refractivity contribution in [3.63, 3.8) is 0 Å². The molecule has 0 aliphatic carbocycles. The molecule has 0 saturated carbocycles. The molecule has 1 N–H and O–H groups in total. The van der Waals surface area contributed by atoms with Crippen LogP contribution in [0.3, 0.4) is 0 Å². The van der Waals surface area contributed by atoms with Gasteiger partial charge in [-0.25, -0.2) is 9.78 Å². The number of likely N-dealkylation sites (N-methyl/N-ethyl adjacent to an activating group) is 1. The number of rotatable bonds is 4. The number of nitrogens with zero attached hydrogens (tertiary/aromatic N) is 4. The third-order valence-corrected chi connectivity index (χ3v) is 5.64. The summed E-state index contributed by atoms with van der Waals surface area (Å²) in [6.45, 7) is 5.97. The monoisotopic (exact) mass is 395 g/mol. The van der Waals surface area contributed by atoms with Crippen molar-refractivity contribution in [2.45, 2.75) is 12.6 Å². The smallest absolute Gasteiger partial charge is 0.318 e. The van der Waals surface area contributed by atoms with E-state index >= 15 is 0 Å². The highest BCUT2D eigenvalue weighted by Crippen LogP contribution is 2.25. The predicted octanol–water partition coefficient (Wildman–Crippen LogP) is 2.12. The summed E-state index contributed by atoms with van der Waals surface area (Å²) < 4.78 is 5.45. The van der Waals surface area contributed by atoms with Crippen LogP contribution < -0.4 is 10.2 Å². The van der Waals surface area contributed by atoms with Crippen molar-refractivity contribution in [1.82, 2.24) is 20.1 Å². The van der Waals surface area contributed by atoms with Crippen molar-refractivity contribution in [2.75, 3.05) is 57.9 Å². The number of anilines is 1. The van der Waals surface area contributed by atoms with Crippen LogP contribution in [0.5, 0.6) is 0 Å². The van der Waals surface area contributed by atoms with Crippen molar-refractivity contribution in [3.05, 3.63) is 59.8 Å². The van der Waals surface area contributed by atoms with Crippen LogP contribution in [0.1, 0.15) is 17.2 Å². The van der Waals surface area contributed by atoms with Crippen LogP contribution in [0.15, 0.2) is 48.7 Å². The largest absolute Gasteiger partial charge is 0.378 e. The van der Waals surface area contributed by atoms with Gasteiger partial charge in [-0.2, -0.15) is 0 Å². The maximum absolute atomic E-state index is 13.1. The quantitative estimate of drug-likeness (QED) is 0.859. The predicted molar refractivity (Wildman–Crippen MR) is 113 cm³/mol. The Morgan fingerprint density at radius 3 is 2.69 bits per heavy atom. The zero-order chi connectivity index (χ0) is 20.1. The molecule has 154 valence electrons. The maximum atomic E-state index is 13.1. The molecular weight excluding hydrogens is 366 g/mol. The van der Waals surface area contributed by atoms with Crippen LogP contribution in [0.4, 0.5) is 10.6 Å². The summed E-state index contributed by atoms with van der Waals surface area (Å²) >= 11 is 0. The third kappa shape index (κ3) is 4.68. The van der Waals surface area contributed by atoms with Gasteiger partial charge in [0.15, 0.2) is 0 Å². The standard InChI is InChI=1S/C22H29N5O2/c1-25-10-11-27(20(17-25)18-6-3-2-4-7-18)22(28)24-16-19-8-5-9-23-21(19)26-12-14-29-15-13-26/h2-9,20H,10-17H2,1H3,(H,24,28). The molecule has 2 saturated heterocycles. The van der Waals surface area contributed by atoms with E-state index in [2.05, 4.69) is 39.3 Å². The van der Waals surface area contributed by atoms with Crippen LogP contribution >= 0.6 is 0 Å². The fraction of sp³-hybridized carbons (Fsp3) is 0.455. The van der Waals surface area contributed by atoms with E-state index in [4.69, 9.17) is 4.74 Å². The first-order valence-electron chi connectivity index (χ1n) is 10.3. The Morgan fingerprint density at radius 1 is 1.10 bits per heavy atom. The van der Waals surface area contributed by atoms with Crippen LogP contribution in [0, 0.1) is 0 Å². The summed E-state index contributed by atoms with van der Waals surface area (Å²) in [7, 11) is 2.11. The number of aromatic nitrogens is 1. The van der Waals surface area contributed by atoms with Crippen molar-refractivity contribution in [1.29, 1.82) is 0 Å². The number of urea groups is 1. The highest BCUT2D eigenvalue weighted by Gasteiger charge is 2.30. The molecule has 1 aromatic heterocycles. The van der Waals surface area contributed by atoms with Crippen LogP contribution in [-0.4, -0.2) is 73.8 Å². The van der Waals surface area contributed by atoms with Crippen LogP contribution in [0.25, 0.3) is 0 Å². The molecular formula is C22H29N5O2. The number of amides is 2. The Hall–Kier alpha value is -2.64. The van der Waals surface area contributed by atoms with Crippen molar-refractivity contribution in [3.8, 4) is 0 Å². The normalized spacial score (nSPS) is 20.5. The first-order valence-corrected chi connectivity index (χ1v) is 10.3. The molecule has 2 amide bonds. The highest BCUT2D eigenvalue weighted by atomic mass is 16.5. The molecule has 3 heterocycles. The minimum Gasteiger partial charge on any atom is -0.378 e. The van der Waals surface area contributed by atoms with Gasteiger partial charge in [0.05, 0.1) is 19.3 Å². The van der Waals surface area contributed by atoms with Crippen LogP contribution in [0.2, 0.25) is 0 Å². The van der Waals surface area contributed by atoms with E-state index < -0.39 is 0 Å². The van der Waals surface area contributed by atoms with Gasteiger partial charge in [-0.1, -0.05) is 36.4 Å². The SMILES string of the molecule is CN1CCN(C(=O)NCc2cccnc2N2CCOCC2)C(c2ccccc2)C1. The zero-order valence-corrected chi connectivity index (χ0v) is 17.0. The van der Waals surface area contributed by atoms with Gasteiger partial charge in [-0.3, -0.25) is 0 Å². The minimum atomic E-state index is -0.0243. The number of carbonyl (C=O) groups is 1. The number of hydrogen-bond acceptors (Lipinski definition) is 5. The van der Waals surface area contributed by atoms with E-state index in [0.717, 1.165) is 37.6 Å². The lowest BCUT2D eigenvalue weighted by Gasteiger charge is -2.40. The Kier molecular flexibility index (Phi) is 6.27. The van der Waals surface area contributed by atoms with E-state index in [-0.39, 0.29) is 12.1 Å². The van der Waals surface area contributed by atoms with Gasteiger partial charge < -0.3 is 24.8 Å². The summed E-state index contributed by atoms with van der Waals surface area (Å²) in [5.41, 5.74) is 2.21. The van der Waals surface area contributed by atoms with Gasteiger partial charge in [0.1, 0.15) is 5.82 Å². The summed E-state index contributed by atoms with van der Waals surface area (Å²) in [4.78, 5) is 24.1. The van der Waals surface area contributed by atoms with E-state index in [1.807, 2.05) is 41.4 Å². The first-order chi connectivity index (χ1) is 14.2. The molecule has 7 nitrogen and oxygen atoms in total. The zero-order valence-electron chi connectivity index (χ0n) is 17.0. The lowest BCUT2D eigenvalue weighted by atomic mass is 10.0. The van der Waals surface area contributed by atoms with Gasteiger partial charge >= 0.3 is 6.03 Å². The number of morpholine rings is 1. The summed E-state index contributed by atoms with van der Waals surface area (Å²) in [5, 5.41) is 3.13. The Labute approximate surface area is 172 Å². The fourth-order valence-electron chi connectivity index (χ4n) is 4.02.